The smallest absolute Gasteiger partial charge is 0.0873 e. The number of aliphatic hydroxyl groups excluding tert-OH is 1. The van der Waals surface area contributed by atoms with Gasteiger partial charge in [-0.2, -0.15) is 0 Å². The summed E-state index contributed by atoms with van der Waals surface area (Å²) in [5, 5.41) is 9.85. The van der Waals surface area contributed by atoms with E-state index in [0.717, 1.165) is 25.7 Å². The maximum atomic E-state index is 9.85. The quantitative estimate of drug-likeness (QED) is 0.247. The molecule has 0 aromatic carbocycles. The highest BCUT2D eigenvalue weighted by Crippen LogP contribution is 2.12. The van der Waals surface area contributed by atoms with E-state index in [1.54, 1.807) is 0 Å². The van der Waals surface area contributed by atoms with E-state index < -0.39 is 0 Å². The van der Waals surface area contributed by atoms with Crippen LogP contribution in [0.3, 0.4) is 0 Å². The SMILES string of the molecule is C=COCCCCOCC(O)CCCCCCCCCCCC. The molecule has 0 saturated heterocycles. The van der Waals surface area contributed by atoms with Crippen LogP contribution in [-0.4, -0.2) is 31.0 Å². The minimum atomic E-state index is -0.298. The average Bonchev–Trinajstić information content (AvgIpc) is 2.55. The van der Waals surface area contributed by atoms with Crippen LogP contribution in [0.15, 0.2) is 12.8 Å². The van der Waals surface area contributed by atoms with Crippen molar-refractivity contribution >= 4 is 0 Å². The summed E-state index contributed by atoms with van der Waals surface area (Å²) in [6.07, 6.45) is 17.3. The van der Waals surface area contributed by atoms with E-state index in [0.29, 0.717) is 19.8 Å². The molecule has 1 N–H and O–H groups in total. The summed E-state index contributed by atoms with van der Waals surface area (Å²) in [6, 6.07) is 0. The predicted molar refractivity (Wildman–Crippen MR) is 98.7 cm³/mol. The van der Waals surface area contributed by atoms with Gasteiger partial charge in [-0.1, -0.05) is 77.7 Å². The Labute approximate surface area is 144 Å². The Morgan fingerprint density at radius 1 is 0.826 bits per heavy atom. The van der Waals surface area contributed by atoms with Crippen LogP contribution in [0.4, 0.5) is 0 Å². The standard InChI is InChI=1S/C20H40O3/c1-3-5-6-7-8-9-10-11-12-13-16-20(21)19-23-18-15-14-17-22-4-2/h4,20-21H,2-3,5-19H2,1H3. The summed E-state index contributed by atoms with van der Waals surface area (Å²) in [6.45, 7) is 7.64. The lowest BCUT2D eigenvalue weighted by molar-refractivity contribution is 0.0286. The lowest BCUT2D eigenvalue weighted by atomic mass is 10.0. The van der Waals surface area contributed by atoms with Crippen molar-refractivity contribution in [3.63, 3.8) is 0 Å². The van der Waals surface area contributed by atoms with Crippen molar-refractivity contribution < 1.29 is 14.6 Å². The average molecular weight is 329 g/mol. The van der Waals surface area contributed by atoms with Crippen molar-refractivity contribution in [3.8, 4) is 0 Å². The van der Waals surface area contributed by atoms with Gasteiger partial charge >= 0.3 is 0 Å². The topological polar surface area (TPSA) is 38.7 Å². The Bertz CT molecular complexity index is 231. The van der Waals surface area contributed by atoms with E-state index in [4.69, 9.17) is 9.47 Å². The van der Waals surface area contributed by atoms with Gasteiger partial charge in [-0.3, -0.25) is 0 Å². The molecule has 0 aromatic rings. The fourth-order valence-electron chi connectivity index (χ4n) is 2.64. The highest BCUT2D eigenvalue weighted by Gasteiger charge is 2.03. The molecule has 0 amide bonds. The largest absolute Gasteiger partial charge is 0.502 e. The highest BCUT2D eigenvalue weighted by molar-refractivity contribution is 4.56. The molecule has 0 rings (SSSR count). The van der Waals surface area contributed by atoms with Gasteiger partial charge in [0.1, 0.15) is 0 Å². The molecule has 0 aliphatic carbocycles. The Morgan fingerprint density at radius 3 is 2.00 bits per heavy atom. The zero-order valence-electron chi connectivity index (χ0n) is 15.4. The van der Waals surface area contributed by atoms with E-state index in [1.165, 1.54) is 64.0 Å². The first-order valence-electron chi connectivity index (χ1n) is 9.79. The fourth-order valence-corrected chi connectivity index (χ4v) is 2.64. The van der Waals surface area contributed by atoms with Crippen LogP contribution in [-0.2, 0) is 9.47 Å². The third kappa shape index (κ3) is 19.4. The molecule has 0 aliphatic rings. The molecule has 0 saturated carbocycles. The predicted octanol–water partition coefficient (Wildman–Crippen LogP) is 5.62. The van der Waals surface area contributed by atoms with Crippen molar-refractivity contribution in [2.24, 2.45) is 0 Å². The molecule has 0 aromatic heterocycles. The lowest BCUT2D eigenvalue weighted by Crippen LogP contribution is -2.15. The van der Waals surface area contributed by atoms with Crippen LogP contribution in [0.5, 0.6) is 0 Å². The zero-order valence-corrected chi connectivity index (χ0v) is 15.4. The number of unbranched alkanes of at least 4 members (excludes halogenated alkanes) is 10. The van der Waals surface area contributed by atoms with Gasteiger partial charge in [0.05, 0.1) is 25.6 Å². The molecule has 0 heterocycles. The molecule has 0 aliphatic heterocycles. The monoisotopic (exact) mass is 328 g/mol. The second-order valence-electron chi connectivity index (χ2n) is 6.44. The van der Waals surface area contributed by atoms with Gasteiger partial charge in [0.15, 0.2) is 0 Å². The molecule has 0 bridgehead atoms. The third-order valence-electron chi connectivity index (χ3n) is 4.12. The van der Waals surface area contributed by atoms with Crippen molar-refractivity contribution in [1.82, 2.24) is 0 Å². The molecule has 1 unspecified atom stereocenters. The maximum Gasteiger partial charge on any atom is 0.0873 e. The van der Waals surface area contributed by atoms with Crippen LogP contribution in [0, 0.1) is 0 Å². The van der Waals surface area contributed by atoms with Gasteiger partial charge in [-0.05, 0) is 19.3 Å². The van der Waals surface area contributed by atoms with Crippen LogP contribution in [0.1, 0.15) is 90.4 Å². The van der Waals surface area contributed by atoms with E-state index in [1.807, 2.05) is 0 Å². The van der Waals surface area contributed by atoms with Crippen LogP contribution in [0.2, 0.25) is 0 Å². The Morgan fingerprint density at radius 2 is 1.39 bits per heavy atom. The normalized spacial score (nSPS) is 12.3. The third-order valence-corrected chi connectivity index (χ3v) is 4.12. The molecular weight excluding hydrogens is 288 g/mol. The molecule has 3 nitrogen and oxygen atoms in total. The molecule has 0 radical (unpaired) electrons. The van der Waals surface area contributed by atoms with Crippen LogP contribution >= 0.6 is 0 Å². The second kappa shape index (κ2) is 19.5. The number of aliphatic hydroxyl groups is 1. The van der Waals surface area contributed by atoms with Gasteiger partial charge in [-0.15, -0.1) is 0 Å². The first-order valence-corrected chi connectivity index (χ1v) is 9.79. The Kier molecular flexibility index (Phi) is 19.0. The number of hydrogen-bond donors (Lipinski definition) is 1. The summed E-state index contributed by atoms with van der Waals surface area (Å²) < 4.78 is 10.5. The van der Waals surface area contributed by atoms with Crippen LogP contribution < -0.4 is 0 Å². The summed E-state index contributed by atoms with van der Waals surface area (Å²) in [7, 11) is 0. The van der Waals surface area contributed by atoms with E-state index >= 15 is 0 Å². The van der Waals surface area contributed by atoms with Gasteiger partial charge in [0.25, 0.3) is 0 Å². The summed E-state index contributed by atoms with van der Waals surface area (Å²) >= 11 is 0. The first-order chi connectivity index (χ1) is 11.3. The minimum Gasteiger partial charge on any atom is -0.502 e. The van der Waals surface area contributed by atoms with Gasteiger partial charge in [-0.25, -0.2) is 0 Å². The Hall–Kier alpha value is -0.540. The summed E-state index contributed by atoms with van der Waals surface area (Å²) in [5.74, 6) is 0. The summed E-state index contributed by atoms with van der Waals surface area (Å²) in [5.41, 5.74) is 0. The lowest BCUT2D eigenvalue weighted by Gasteiger charge is -2.11. The molecule has 138 valence electrons. The van der Waals surface area contributed by atoms with Gasteiger partial charge in [0.2, 0.25) is 0 Å². The van der Waals surface area contributed by atoms with E-state index in [9.17, 15) is 5.11 Å². The highest BCUT2D eigenvalue weighted by atomic mass is 16.5. The molecule has 23 heavy (non-hydrogen) atoms. The number of ether oxygens (including phenoxy) is 2. The van der Waals surface area contributed by atoms with Crippen LogP contribution in [0.25, 0.3) is 0 Å². The molecule has 3 heteroatoms. The number of hydrogen-bond acceptors (Lipinski definition) is 3. The molecule has 0 fully saturated rings. The minimum absolute atomic E-state index is 0.298. The molecular formula is C20H40O3. The molecule has 1 atom stereocenters. The zero-order chi connectivity index (χ0) is 17.0. The van der Waals surface area contributed by atoms with Gasteiger partial charge < -0.3 is 14.6 Å². The van der Waals surface area contributed by atoms with Crippen molar-refractivity contribution in [3.05, 3.63) is 12.8 Å². The fraction of sp³-hybridized carbons (Fsp3) is 0.900. The van der Waals surface area contributed by atoms with E-state index in [-0.39, 0.29) is 6.10 Å². The second-order valence-corrected chi connectivity index (χ2v) is 6.44. The van der Waals surface area contributed by atoms with Gasteiger partial charge in [0, 0.05) is 6.61 Å². The van der Waals surface area contributed by atoms with E-state index in [2.05, 4.69) is 13.5 Å². The van der Waals surface area contributed by atoms with Crippen molar-refractivity contribution in [1.29, 1.82) is 0 Å². The number of rotatable bonds is 19. The first kappa shape index (κ1) is 22.5. The summed E-state index contributed by atoms with van der Waals surface area (Å²) in [4.78, 5) is 0. The molecule has 0 spiro atoms. The van der Waals surface area contributed by atoms with Crippen molar-refractivity contribution in [2.75, 3.05) is 19.8 Å². The Balaban J connectivity index is 3.12. The van der Waals surface area contributed by atoms with Crippen molar-refractivity contribution in [2.45, 2.75) is 96.5 Å². The maximum absolute atomic E-state index is 9.85.